The molecular formula is C20H20F3N5O. The molecule has 0 saturated heterocycles. The number of aromatic nitrogens is 3. The highest BCUT2D eigenvalue weighted by Crippen LogP contribution is 2.38. The Balaban J connectivity index is 2.00. The summed E-state index contributed by atoms with van der Waals surface area (Å²) in [6.45, 7) is 3.87. The van der Waals surface area contributed by atoms with Gasteiger partial charge in [-0.05, 0) is 44.2 Å². The fourth-order valence-corrected chi connectivity index (χ4v) is 2.63. The molecule has 0 unspecified atom stereocenters. The van der Waals surface area contributed by atoms with Gasteiger partial charge in [-0.1, -0.05) is 6.07 Å². The Bertz CT molecular complexity index is 978. The average Bonchev–Trinajstić information content (AvgIpc) is 2.67. The summed E-state index contributed by atoms with van der Waals surface area (Å²) in [4.78, 5) is 13.1. The van der Waals surface area contributed by atoms with Crippen molar-refractivity contribution in [3.05, 3.63) is 54.2 Å². The van der Waals surface area contributed by atoms with Crippen molar-refractivity contribution in [1.82, 2.24) is 15.0 Å². The lowest BCUT2D eigenvalue weighted by molar-refractivity contribution is -0.138. The zero-order valence-corrected chi connectivity index (χ0v) is 16.1. The van der Waals surface area contributed by atoms with Crippen LogP contribution in [0.5, 0.6) is 5.75 Å². The van der Waals surface area contributed by atoms with Crippen LogP contribution in [0.1, 0.15) is 19.4 Å². The number of ether oxygens (including phenoxy) is 1. The minimum atomic E-state index is -4.54. The monoisotopic (exact) mass is 403 g/mol. The van der Waals surface area contributed by atoms with E-state index in [1.54, 1.807) is 24.4 Å². The van der Waals surface area contributed by atoms with Gasteiger partial charge in [0.05, 0.1) is 24.1 Å². The molecule has 3 rings (SSSR count). The van der Waals surface area contributed by atoms with E-state index in [2.05, 4.69) is 25.6 Å². The Morgan fingerprint density at radius 1 is 1.00 bits per heavy atom. The van der Waals surface area contributed by atoms with E-state index < -0.39 is 11.7 Å². The second-order valence-electron chi connectivity index (χ2n) is 6.51. The van der Waals surface area contributed by atoms with Gasteiger partial charge in [0.25, 0.3) is 0 Å². The molecule has 0 aliphatic heterocycles. The van der Waals surface area contributed by atoms with Crippen LogP contribution in [0, 0.1) is 0 Å². The molecule has 0 saturated carbocycles. The fourth-order valence-electron chi connectivity index (χ4n) is 2.63. The first-order chi connectivity index (χ1) is 13.8. The summed E-state index contributed by atoms with van der Waals surface area (Å²) in [6, 6.07) is 10.8. The third-order valence-corrected chi connectivity index (χ3v) is 3.85. The van der Waals surface area contributed by atoms with E-state index in [9.17, 15) is 13.2 Å². The minimum absolute atomic E-state index is 0.0691. The maximum absolute atomic E-state index is 13.3. The third kappa shape index (κ3) is 5.13. The van der Waals surface area contributed by atoms with Crippen molar-refractivity contribution >= 4 is 17.5 Å². The van der Waals surface area contributed by atoms with Crippen molar-refractivity contribution < 1.29 is 17.9 Å². The molecule has 152 valence electrons. The quantitative estimate of drug-likeness (QED) is 0.595. The Morgan fingerprint density at radius 2 is 1.79 bits per heavy atom. The number of hydrogen-bond donors (Lipinski definition) is 2. The Hall–Kier alpha value is -3.36. The standard InChI is InChI=1S/C20H20F3N5O/c1-12(2)25-19-27-16(15-6-4-5-9-24-15)11-18(28-19)26-13-7-8-17(29-3)14(10-13)20(21,22)23/h4-12H,1-3H3,(H2,25,26,27,28). The first kappa shape index (κ1) is 20.4. The molecule has 3 aromatic rings. The highest BCUT2D eigenvalue weighted by molar-refractivity contribution is 5.66. The molecule has 2 N–H and O–H groups in total. The van der Waals surface area contributed by atoms with Gasteiger partial charge in [0.15, 0.2) is 0 Å². The number of methoxy groups -OCH3 is 1. The van der Waals surface area contributed by atoms with Gasteiger partial charge < -0.3 is 15.4 Å². The maximum Gasteiger partial charge on any atom is 0.420 e. The molecule has 0 bridgehead atoms. The number of anilines is 3. The smallest absolute Gasteiger partial charge is 0.420 e. The Kier molecular flexibility index (Phi) is 5.86. The SMILES string of the molecule is COc1ccc(Nc2cc(-c3ccccn3)nc(NC(C)C)n2)cc1C(F)(F)F. The second-order valence-corrected chi connectivity index (χ2v) is 6.51. The van der Waals surface area contributed by atoms with Gasteiger partial charge in [0.2, 0.25) is 5.95 Å². The number of rotatable bonds is 6. The van der Waals surface area contributed by atoms with Gasteiger partial charge >= 0.3 is 6.18 Å². The van der Waals surface area contributed by atoms with Crippen LogP contribution in [0.15, 0.2) is 48.7 Å². The number of hydrogen-bond acceptors (Lipinski definition) is 6. The highest BCUT2D eigenvalue weighted by atomic mass is 19.4. The number of halogens is 3. The normalized spacial score (nSPS) is 11.4. The predicted molar refractivity (Wildman–Crippen MR) is 105 cm³/mol. The molecule has 0 aliphatic rings. The van der Waals surface area contributed by atoms with E-state index in [0.29, 0.717) is 23.2 Å². The van der Waals surface area contributed by atoms with Crippen molar-refractivity contribution in [2.45, 2.75) is 26.1 Å². The van der Waals surface area contributed by atoms with Crippen molar-refractivity contribution in [1.29, 1.82) is 0 Å². The number of alkyl halides is 3. The summed E-state index contributed by atoms with van der Waals surface area (Å²) >= 11 is 0. The zero-order chi connectivity index (χ0) is 21.0. The van der Waals surface area contributed by atoms with Crippen molar-refractivity contribution in [3.63, 3.8) is 0 Å². The summed E-state index contributed by atoms with van der Waals surface area (Å²) in [7, 11) is 1.20. The van der Waals surface area contributed by atoms with E-state index in [-0.39, 0.29) is 17.5 Å². The molecule has 0 fully saturated rings. The van der Waals surface area contributed by atoms with E-state index in [1.165, 1.54) is 19.2 Å². The molecule has 0 atom stereocenters. The van der Waals surface area contributed by atoms with Gasteiger partial charge in [-0.15, -0.1) is 0 Å². The van der Waals surface area contributed by atoms with Crippen molar-refractivity contribution in [2.24, 2.45) is 0 Å². The Labute approximate surface area is 166 Å². The molecule has 0 spiro atoms. The number of benzene rings is 1. The molecule has 2 heterocycles. The van der Waals surface area contributed by atoms with Crippen LogP contribution in [0.2, 0.25) is 0 Å². The topological polar surface area (TPSA) is 72.0 Å². The second kappa shape index (κ2) is 8.34. The lowest BCUT2D eigenvalue weighted by atomic mass is 10.1. The van der Waals surface area contributed by atoms with Crippen LogP contribution >= 0.6 is 0 Å². The average molecular weight is 403 g/mol. The van der Waals surface area contributed by atoms with E-state index in [0.717, 1.165) is 6.07 Å². The summed E-state index contributed by atoms with van der Waals surface area (Å²) < 4.78 is 44.7. The minimum Gasteiger partial charge on any atom is -0.496 e. The van der Waals surface area contributed by atoms with Crippen LogP contribution in [-0.2, 0) is 6.18 Å². The lowest BCUT2D eigenvalue weighted by Gasteiger charge is -2.15. The summed E-state index contributed by atoms with van der Waals surface area (Å²) in [6.07, 6.45) is -2.91. The number of pyridine rings is 1. The lowest BCUT2D eigenvalue weighted by Crippen LogP contribution is -2.13. The van der Waals surface area contributed by atoms with Gasteiger partial charge in [-0.25, -0.2) is 4.98 Å². The molecule has 0 amide bonds. The summed E-state index contributed by atoms with van der Waals surface area (Å²) in [5.41, 5.74) is 0.509. The molecule has 29 heavy (non-hydrogen) atoms. The zero-order valence-electron chi connectivity index (χ0n) is 16.1. The molecule has 0 aliphatic carbocycles. The molecule has 1 aromatic carbocycles. The molecule has 0 radical (unpaired) electrons. The number of nitrogens with zero attached hydrogens (tertiary/aromatic N) is 3. The first-order valence-corrected chi connectivity index (χ1v) is 8.85. The predicted octanol–water partition coefficient (Wildman–Crippen LogP) is 5.13. The fraction of sp³-hybridized carbons (Fsp3) is 0.250. The van der Waals surface area contributed by atoms with Crippen LogP contribution in [-0.4, -0.2) is 28.1 Å². The van der Waals surface area contributed by atoms with Crippen LogP contribution in [0.3, 0.4) is 0 Å². The first-order valence-electron chi connectivity index (χ1n) is 8.85. The highest BCUT2D eigenvalue weighted by Gasteiger charge is 2.34. The summed E-state index contributed by atoms with van der Waals surface area (Å²) in [5.74, 6) is 0.430. The van der Waals surface area contributed by atoms with E-state index >= 15 is 0 Å². The Morgan fingerprint density at radius 3 is 2.41 bits per heavy atom. The molecule has 6 nitrogen and oxygen atoms in total. The van der Waals surface area contributed by atoms with Gasteiger partial charge in [-0.2, -0.15) is 18.2 Å². The van der Waals surface area contributed by atoms with Gasteiger partial charge in [-0.3, -0.25) is 4.98 Å². The third-order valence-electron chi connectivity index (χ3n) is 3.85. The number of nitrogens with one attached hydrogen (secondary N) is 2. The molecule has 2 aromatic heterocycles. The molecule has 9 heteroatoms. The largest absolute Gasteiger partial charge is 0.496 e. The molecular weight excluding hydrogens is 383 g/mol. The maximum atomic E-state index is 13.3. The van der Waals surface area contributed by atoms with Crippen molar-refractivity contribution in [3.8, 4) is 17.1 Å². The van der Waals surface area contributed by atoms with Crippen LogP contribution < -0.4 is 15.4 Å². The van der Waals surface area contributed by atoms with Gasteiger partial charge in [0.1, 0.15) is 11.6 Å². The van der Waals surface area contributed by atoms with Crippen LogP contribution in [0.25, 0.3) is 11.4 Å². The van der Waals surface area contributed by atoms with Gasteiger partial charge in [0, 0.05) is 24.0 Å². The summed E-state index contributed by atoms with van der Waals surface area (Å²) in [5, 5.41) is 6.02. The van der Waals surface area contributed by atoms with Crippen LogP contribution in [0.4, 0.5) is 30.6 Å². The van der Waals surface area contributed by atoms with E-state index in [4.69, 9.17) is 4.74 Å². The van der Waals surface area contributed by atoms with Crippen molar-refractivity contribution in [2.75, 3.05) is 17.7 Å². The van der Waals surface area contributed by atoms with E-state index in [1.807, 2.05) is 19.9 Å².